The zero-order valence-electron chi connectivity index (χ0n) is 8.77. The van der Waals surface area contributed by atoms with Crippen molar-refractivity contribution in [3.63, 3.8) is 0 Å². The van der Waals surface area contributed by atoms with Gasteiger partial charge in [-0.15, -0.1) is 0 Å². The van der Waals surface area contributed by atoms with Crippen molar-refractivity contribution in [1.82, 2.24) is 0 Å². The third-order valence-electron chi connectivity index (χ3n) is 2.63. The highest BCUT2D eigenvalue weighted by atomic mass is 16.5. The Balaban J connectivity index is 2.37. The number of rotatable bonds is 0. The van der Waals surface area contributed by atoms with Crippen molar-refractivity contribution in [3.8, 4) is 5.75 Å². The standard InChI is InChI=1S/C13H10O3/c1-8-2-5-10-11(15-8)6-3-9-4-7-12(14)16-13(9)10/h2-8H,1H3. The van der Waals surface area contributed by atoms with Crippen LogP contribution in [-0.2, 0) is 0 Å². The second-order valence-electron chi connectivity index (χ2n) is 3.83. The summed E-state index contributed by atoms with van der Waals surface area (Å²) in [6.45, 7) is 1.96. The van der Waals surface area contributed by atoms with E-state index < -0.39 is 0 Å². The summed E-state index contributed by atoms with van der Waals surface area (Å²) >= 11 is 0. The molecule has 0 bridgehead atoms. The van der Waals surface area contributed by atoms with Gasteiger partial charge < -0.3 is 9.15 Å². The first-order chi connectivity index (χ1) is 7.74. The third kappa shape index (κ3) is 1.33. The monoisotopic (exact) mass is 214 g/mol. The Bertz CT molecular complexity index is 637. The first-order valence-electron chi connectivity index (χ1n) is 5.16. The van der Waals surface area contributed by atoms with E-state index in [2.05, 4.69) is 0 Å². The van der Waals surface area contributed by atoms with Crippen LogP contribution < -0.4 is 10.4 Å². The molecule has 3 rings (SSSR count). The number of fused-ring (bicyclic) bond motifs is 3. The summed E-state index contributed by atoms with van der Waals surface area (Å²) in [5.74, 6) is 0.761. The van der Waals surface area contributed by atoms with E-state index in [0.29, 0.717) is 5.58 Å². The Morgan fingerprint density at radius 1 is 1.19 bits per heavy atom. The molecule has 0 N–H and O–H groups in total. The molecule has 0 fully saturated rings. The van der Waals surface area contributed by atoms with Crippen molar-refractivity contribution in [2.45, 2.75) is 13.0 Å². The van der Waals surface area contributed by atoms with Gasteiger partial charge in [-0.1, -0.05) is 0 Å². The van der Waals surface area contributed by atoms with Crippen molar-refractivity contribution in [2.24, 2.45) is 0 Å². The van der Waals surface area contributed by atoms with Gasteiger partial charge in [-0.2, -0.15) is 0 Å². The minimum absolute atomic E-state index is 0.0559. The van der Waals surface area contributed by atoms with Crippen LogP contribution in [-0.4, -0.2) is 6.10 Å². The van der Waals surface area contributed by atoms with Crippen molar-refractivity contribution in [2.75, 3.05) is 0 Å². The van der Waals surface area contributed by atoms with Gasteiger partial charge in [0, 0.05) is 11.5 Å². The Hall–Kier alpha value is -2.03. The Morgan fingerprint density at radius 2 is 2.00 bits per heavy atom. The van der Waals surface area contributed by atoms with Crippen molar-refractivity contribution in [3.05, 3.63) is 46.3 Å². The molecule has 2 aromatic rings. The lowest BCUT2D eigenvalue weighted by atomic mass is 10.1. The summed E-state index contributed by atoms with van der Waals surface area (Å²) in [6, 6.07) is 6.97. The maximum absolute atomic E-state index is 11.2. The van der Waals surface area contributed by atoms with Crippen LogP contribution in [0, 0.1) is 0 Å². The number of ether oxygens (including phenoxy) is 1. The SMILES string of the molecule is CC1C=Cc2c(ccc3ccc(=O)oc23)O1. The van der Waals surface area contributed by atoms with Crippen LogP contribution >= 0.6 is 0 Å². The minimum atomic E-state index is -0.340. The fraction of sp³-hybridized carbons (Fsp3) is 0.154. The average molecular weight is 214 g/mol. The quantitative estimate of drug-likeness (QED) is 0.633. The van der Waals surface area contributed by atoms with Crippen LogP contribution in [0.1, 0.15) is 12.5 Å². The molecular weight excluding hydrogens is 204 g/mol. The van der Waals surface area contributed by atoms with E-state index in [1.54, 1.807) is 6.07 Å². The molecule has 16 heavy (non-hydrogen) atoms. The highest BCUT2D eigenvalue weighted by Gasteiger charge is 2.14. The molecule has 1 atom stereocenters. The van der Waals surface area contributed by atoms with Crippen LogP contribution in [0.4, 0.5) is 0 Å². The molecule has 1 aliphatic rings. The van der Waals surface area contributed by atoms with E-state index in [9.17, 15) is 4.79 Å². The van der Waals surface area contributed by atoms with E-state index in [4.69, 9.17) is 9.15 Å². The van der Waals surface area contributed by atoms with Crippen LogP contribution in [0.5, 0.6) is 5.75 Å². The molecule has 1 unspecified atom stereocenters. The van der Waals surface area contributed by atoms with E-state index in [-0.39, 0.29) is 11.7 Å². The predicted molar refractivity (Wildman–Crippen MR) is 61.6 cm³/mol. The lowest BCUT2D eigenvalue weighted by Gasteiger charge is -2.18. The fourth-order valence-corrected chi connectivity index (χ4v) is 1.87. The van der Waals surface area contributed by atoms with Gasteiger partial charge in [0.1, 0.15) is 17.4 Å². The Kier molecular flexibility index (Phi) is 1.86. The lowest BCUT2D eigenvalue weighted by Crippen LogP contribution is -2.12. The molecule has 0 spiro atoms. The second-order valence-corrected chi connectivity index (χ2v) is 3.83. The topological polar surface area (TPSA) is 39.4 Å². The van der Waals surface area contributed by atoms with Gasteiger partial charge >= 0.3 is 5.63 Å². The van der Waals surface area contributed by atoms with Crippen LogP contribution in [0.2, 0.25) is 0 Å². The third-order valence-corrected chi connectivity index (χ3v) is 2.63. The van der Waals surface area contributed by atoms with Gasteiger partial charge in [-0.3, -0.25) is 0 Å². The molecule has 3 nitrogen and oxygen atoms in total. The van der Waals surface area contributed by atoms with Crippen molar-refractivity contribution >= 4 is 17.0 Å². The van der Waals surface area contributed by atoms with Crippen molar-refractivity contribution in [1.29, 1.82) is 0 Å². The molecule has 0 amide bonds. The predicted octanol–water partition coefficient (Wildman–Crippen LogP) is 2.59. The highest BCUT2D eigenvalue weighted by molar-refractivity contribution is 5.88. The molecule has 3 heteroatoms. The zero-order chi connectivity index (χ0) is 11.1. The molecule has 0 aliphatic carbocycles. The van der Waals surface area contributed by atoms with Gasteiger partial charge in [0.15, 0.2) is 0 Å². The summed E-state index contributed by atoms with van der Waals surface area (Å²) in [6.07, 6.45) is 3.93. The summed E-state index contributed by atoms with van der Waals surface area (Å²) in [4.78, 5) is 11.2. The highest BCUT2D eigenvalue weighted by Crippen LogP contribution is 2.32. The maximum atomic E-state index is 11.2. The smallest absolute Gasteiger partial charge is 0.336 e. The van der Waals surface area contributed by atoms with Gasteiger partial charge in [-0.05, 0) is 37.3 Å². The number of hydrogen-bond donors (Lipinski definition) is 0. The van der Waals surface area contributed by atoms with Gasteiger partial charge in [0.2, 0.25) is 0 Å². The fourth-order valence-electron chi connectivity index (χ4n) is 1.87. The van der Waals surface area contributed by atoms with E-state index in [1.807, 2.05) is 31.2 Å². The normalized spacial score (nSPS) is 18.2. The molecule has 1 aromatic heterocycles. The molecule has 0 radical (unpaired) electrons. The summed E-state index contributed by atoms with van der Waals surface area (Å²) < 4.78 is 10.8. The summed E-state index contributed by atoms with van der Waals surface area (Å²) in [7, 11) is 0. The molecule has 80 valence electrons. The Labute approximate surface area is 92.0 Å². The van der Waals surface area contributed by atoms with Crippen LogP contribution in [0.15, 0.2) is 39.6 Å². The van der Waals surface area contributed by atoms with E-state index >= 15 is 0 Å². The number of hydrogen-bond acceptors (Lipinski definition) is 3. The van der Waals surface area contributed by atoms with Crippen LogP contribution in [0.3, 0.4) is 0 Å². The van der Waals surface area contributed by atoms with Gasteiger partial charge in [-0.25, -0.2) is 4.79 Å². The second kappa shape index (κ2) is 3.23. The minimum Gasteiger partial charge on any atom is -0.486 e. The molecule has 1 aromatic carbocycles. The summed E-state index contributed by atoms with van der Waals surface area (Å²) in [5, 5.41) is 0.904. The lowest BCUT2D eigenvalue weighted by molar-refractivity contribution is 0.266. The molecule has 0 saturated carbocycles. The van der Waals surface area contributed by atoms with Crippen molar-refractivity contribution < 1.29 is 9.15 Å². The van der Waals surface area contributed by atoms with Gasteiger partial charge in [0.05, 0.1) is 5.56 Å². The maximum Gasteiger partial charge on any atom is 0.336 e. The largest absolute Gasteiger partial charge is 0.486 e. The van der Waals surface area contributed by atoms with Crippen LogP contribution in [0.25, 0.3) is 17.0 Å². The molecule has 0 saturated heterocycles. The summed E-state index contributed by atoms with van der Waals surface area (Å²) in [5.41, 5.74) is 1.09. The van der Waals surface area contributed by atoms with E-state index in [1.165, 1.54) is 6.07 Å². The zero-order valence-corrected chi connectivity index (χ0v) is 8.77. The Morgan fingerprint density at radius 3 is 2.88 bits per heavy atom. The first-order valence-corrected chi connectivity index (χ1v) is 5.16. The molecular formula is C13H10O3. The first kappa shape index (κ1) is 9.21. The van der Waals surface area contributed by atoms with E-state index in [0.717, 1.165) is 16.7 Å². The molecule has 2 heterocycles. The number of benzene rings is 1. The molecule has 1 aliphatic heterocycles. The average Bonchev–Trinajstić information content (AvgIpc) is 2.28. The van der Waals surface area contributed by atoms with Gasteiger partial charge in [0.25, 0.3) is 0 Å².